The molecule has 2 atom stereocenters. The topological polar surface area (TPSA) is 63.5 Å². The van der Waals surface area contributed by atoms with Gasteiger partial charge in [0.05, 0.1) is 0 Å². The van der Waals surface area contributed by atoms with E-state index < -0.39 is 10.0 Å². The van der Waals surface area contributed by atoms with Gasteiger partial charge in [0.15, 0.2) is 15.1 Å². The molecule has 9 heteroatoms. The maximum absolute atomic E-state index is 12.6. The Balaban J connectivity index is 1.95. The molecule has 0 saturated heterocycles. The standard InChI is InChI=1S/C11H14ClN3O2S3/c1-18-8-4-2-3-7(8)14-20(16,17)10-9(12)13-11-15(10)5-6-19-11/h5-8,14H,2-4H2,1H3. The molecule has 20 heavy (non-hydrogen) atoms. The van der Waals surface area contributed by atoms with E-state index in [9.17, 15) is 8.42 Å². The van der Waals surface area contributed by atoms with Gasteiger partial charge in [0.1, 0.15) is 0 Å². The quantitative estimate of drug-likeness (QED) is 0.919. The van der Waals surface area contributed by atoms with Crippen LogP contribution in [-0.2, 0) is 10.0 Å². The maximum atomic E-state index is 12.6. The van der Waals surface area contributed by atoms with Gasteiger partial charge in [0.25, 0.3) is 10.0 Å². The molecule has 5 nitrogen and oxygen atoms in total. The summed E-state index contributed by atoms with van der Waals surface area (Å²) in [4.78, 5) is 4.66. The van der Waals surface area contributed by atoms with Crippen molar-refractivity contribution in [3.8, 4) is 0 Å². The Morgan fingerprint density at radius 1 is 1.55 bits per heavy atom. The molecule has 0 bridgehead atoms. The Hall–Kier alpha value is -0.280. The predicted octanol–water partition coefficient (Wildman–Crippen LogP) is 2.61. The third-order valence-electron chi connectivity index (χ3n) is 3.49. The lowest BCUT2D eigenvalue weighted by atomic mass is 10.3. The fourth-order valence-electron chi connectivity index (χ4n) is 2.58. The number of hydrogen-bond donors (Lipinski definition) is 1. The summed E-state index contributed by atoms with van der Waals surface area (Å²) in [6, 6.07) is -0.0322. The molecule has 0 amide bonds. The molecule has 0 spiro atoms. The molecule has 2 aromatic rings. The van der Waals surface area contributed by atoms with E-state index in [0.29, 0.717) is 10.2 Å². The number of nitrogens with one attached hydrogen (secondary N) is 1. The molecule has 0 aromatic carbocycles. The van der Waals surface area contributed by atoms with Gasteiger partial charge in [-0.05, 0) is 19.1 Å². The molecular weight excluding hydrogens is 338 g/mol. The molecule has 2 aromatic heterocycles. The van der Waals surface area contributed by atoms with E-state index in [2.05, 4.69) is 9.71 Å². The average Bonchev–Trinajstić information content (AvgIpc) is 3.03. The Morgan fingerprint density at radius 2 is 2.35 bits per heavy atom. The molecule has 1 fully saturated rings. The first kappa shape index (κ1) is 14.6. The molecule has 110 valence electrons. The summed E-state index contributed by atoms with van der Waals surface area (Å²) in [6.07, 6.45) is 6.65. The normalized spacial score (nSPS) is 23.7. The zero-order valence-electron chi connectivity index (χ0n) is 10.7. The molecule has 1 saturated carbocycles. The first-order valence-corrected chi connectivity index (χ1v) is 10.2. The molecule has 1 aliphatic carbocycles. The van der Waals surface area contributed by atoms with E-state index in [1.165, 1.54) is 15.7 Å². The van der Waals surface area contributed by atoms with Gasteiger partial charge in [-0.2, -0.15) is 11.8 Å². The lowest BCUT2D eigenvalue weighted by Gasteiger charge is -2.18. The van der Waals surface area contributed by atoms with Gasteiger partial charge < -0.3 is 0 Å². The van der Waals surface area contributed by atoms with E-state index >= 15 is 0 Å². The molecule has 2 heterocycles. The first-order chi connectivity index (χ1) is 9.53. The molecule has 2 unspecified atom stereocenters. The van der Waals surface area contributed by atoms with Gasteiger partial charge in [-0.15, -0.1) is 11.3 Å². The summed E-state index contributed by atoms with van der Waals surface area (Å²) >= 11 is 9.06. The lowest BCUT2D eigenvalue weighted by molar-refractivity contribution is 0.551. The predicted molar refractivity (Wildman–Crippen MR) is 83.3 cm³/mol. The minimum absolute atomic E-state index is 0.0306. The number of sulfonamides is 1. The second-order valence-electron chi connectivity index (χ2n) is 4.70. The van der Waals surface area contributed by atoms with E-state index in [1.54, 1.807) is 23.3 Å². The summed E-state index contributed by atoms with van der Waals surface area (Å²) in [5.41, 5.74) is 0. The minimum Gasteiger partial charge on any atom is -0.279 e. The van der Waals surface area contributed by atoms with Crippen molar-refractivity contribution < 1.29 is 8.42 Å². The summed E-state index contributed by atoms with van der Waals surface area (Å²) in [7, 11) is -3.66. The Labute approximate surface area is 130 Å². The van der Waals surface area contributed by atoms with Gasteiger partial charge in [-0.3, -0.25) is 4.40 Å². The number of thioether (sulfide) groups is 1. The number of aromatic nitrogens is 2. The van der Waals surface area contributed by atoms with Crippen LogP contribution >= 0.6 is 34.7 Å². The van der Waals surface area contributed by atoms with Crippen LogP contribution in [0.25, 0.3) is 4.96 Å². The highest BCUT2D eigenvalue weighted by molar-refractivity contribution is 7.99. The minimum atomic E-state index is -3.66. The molecular formula is C11H14ClN3O2S3. The van der Waals surface area contributed by atoms with Crippen molar-refractivity contribution in [2.75, 3.05) is 6.26 Å². The van der Waals surface area contributed by atoms with E-state index in [4.69, 9.17) is 11.6 Å². The highest BCUT2D eigenvalue weighted by Crippen LogP contribution is 2.31. The third-order valence-corrected chi connectivity index (χ3v) is 7.31. The van der Waals surface area contributed by atoms with Crippen molar-refractivity contribution in [3.63, 3.8) is 0 Å². The number of imidazole rings is 1. The Kier molecular flexibility index (Phi) is 4.02. The zero-order chi connectivity index (χ0) is 14.3. The first-order valence-electron chi connectivity index (χ1n) is 6.19. The maximum Gasteiger partial charge on any atom is 0.260 e. The lowest BCUT2D eigenvalue weighted by Crippen LogP contribution is -2.39. The van der Waals surface area contributed by atoms with Crippen LogP contribution in [0, 0.1) is 0 Å². The van der Waals surface area contributed by atoms with Gasteiger partial charge >= 0.3 is 0 Å². The van der Waals surface area contributed by atoms with Crippen molar-refractivity contribution in [2.45, 2.75) is 35.6 Å². The highest BCUT2D eigenvalue weighted by atomic mass is 35.5. The summed E-state index contributed by atoms with van der Waals surface area (Å²) in [6.45, 7) is 0. The molecule has 1 aliphatic rings. The smallest absolute Gasteiger partial charge is 0.260 e. The molecule has 3 rings (SSSR count). The van der Waals surface area contributed by atoms with Crippen molar-refractivity contribution in [1.82, 2.24) is 14.1 Å². The SMILES string of the molecule is CSC1CCCC1NS(=O)(=O)c1c(Cl)nc2sccn12. The van der Waals surface area contributed by atoms with Gasteiger partial charge in [-0.1, -0.05) is 18.0 Å². The monoisotopic (exact) mass is 351 g/mol. The van der Waals surface area contributed by atoms with Crippen LogP contribution in [0.5, 0.6) is 0 Å². The van der Waals surface area contributed by atoms with E-state index in [-0.39, 0.29) is 16.2 Å². The van der Waals surface area contributed by atoms with Crippen molar-refractivity contribution in [3.05, 3.63) is 16.7 Å². The number of rotatable bonds is 4. The van der Waals surface area contributed by atoms with Gasteiger partial charge in [0, 0.05) is 22.9 Å². The Bertz CT molecular complexity index is 724. The number of nitrogens with zero attached hydrogens (tertiary/aromatic N) is 2. The number of fused-ring (bicyclic) bond motifs is 1. The van der Waals surface area contributed by atoms with Crippen LogP contribution in [0.1, 0.15) is 19.3 Å². The largest absolute Gasteiger partial charge is 0.279 e. The number of hydrogen-bond acceptors (Lipinski definition) is 5. The number of thiazole rings is 1. The summed E-state index contributed by atoms with van der Waals surface area (Å²) < 4.78 is 29.5. The average molecular weight is 352 g/mol. The highest BCUT2D eigenvalue weighted by Gasteiger charge is 2.33. The van der Waals surface area contributed by atoms with Gasteiger partial charge in [0.2, 0.25) is 0 Å². The zero-order valence-corrected chi connectivity index (χ0v) is 13.9. The fraction of sp³-hybridized carbons (Fsp3) is 0.545. The second kappa shape index (κ2) is 5.49. The number of halogens is 1. The van der Waals surface area contributed by atoms with Crippen LogP contribution in [0.3, 0.4) is 0 Å². The Morgan fingerprint density at radius 3 is 3.10 bits per heavy atom. The van der Waals surface area contributed by atoms with Crippen LogP contribution in [0.4, 0.5) is 0 Å². The van der Waals surface area contributed by atoms with Gasteiger partial charge in [-0.25, -0.2) is 18.1 Å². The second-order valence-corrected chi connectivity index (χ2v) is 8.63. The van der Waals surface area contributed by atoms with Crippen molar-refractivity contribution in [2.24, 2.45) is 0 Å². The van der Waals surface area contributed by atoms with Crippen molar-refractivity contribution >= 4 is 49.7 Å². The van der Waals surface area contributed by atoms with E-state index in [0.717, 1.165) is 19.3 Å². The molecule has 1 N–H and O–H groups in total. The van der Waals surface area contributed by atoms with E-state index in [1.807, 2.05) is 6.26 Å². The third kappa shape index (κ3) is 2.48. The molecule has 0 aliphatic heterocycles. The fourth-order valence-corrected chi connectivity index (χ4v) is 6.36. The van der Waals surface area contributed by atoms with Crippen LogP contribution in [0.2, 0.25) is 5.15 Å². The summed E-state index contributed by atoms with van der Waals surface area (Å²) in [5.74, 6) is 0. The summed E-state index contributed by atoms with van der Waals surface area (Å²) in [5, 5.41) is 2.19. The van der Waals surface area contributed by atoms with Crippen molar-refractivity contribution in [1.29, 1.82) is 0 Å². The molecule has 0 radical (unpaired) electrons. The van der Waals surface area contributed by atoms with Crippen LogP contribution in [-0.4, -0.2) is 35.4 Å². The van der Waals surface area contributed by atoms with Crippen LogP contribution < -0.4 is 4.72 Å². The van der Waals surface area contributed by atoms with Crippen LogP contribution in [0.15, 0.2) is 16.6 Å².